The van der Waals surface area contributed by atoms with Crippen LogP contribution in [0.15, 0.2) is 27.7 Å². The summed E-state index contributed by atoms with van der Waals surface area (Å²) < 4.78 is 26.7. The van der Waals surface area contributed by atoms with E-state index in [9.17, 15) is 8.60 Å². The van der Waals surface area contributed by atoms with Gasteiger partial charge < -0.3 is 10.6 Å². The van der Waals surface area contributed by atoms with Crippen molar-refractivity contribution in [3.05, 3.63) is 34.1 Å². The second kappa shape index (κ2) is 9.51. The molecule has 1 saturated carbocycles. The number of halogens is 2. The van der Waals surface area contributed by atoms with E-state index in [-0.39, 0.29) is 17.1 Å². The molecule has 2 N–H and O–H groups in total. The summed E-state index contributed by atoms with van der Waals surface area (Å²) in [7, 11) is 0.960. The molecule has 0 aliphatic heterocycles. The maximum atomic E-state index is 13.8. The number of benzene rings is 1. The Labute approximate surface area is 154 Å². The van der Waals surface area contributed by atoms with Gasteiger partial charge in [-0.1, -0.05) is 29.3 Å². The molecule has 0 bridgehead atoms. The maximum absolute atomic E-state index is 13.8. The first-order valence-electron chi connectivity index (χ1n) is 8.31. The zero-order valence-electron chi connectivity index (χ0n) is 14.1. The molecule has 134 valence electrons. The van der Waals surface area contributed by atoms with Crippen molar-refractivity contribution in [1.29, 1.82) is 0 Å². The van der Waals surface area contributed by atoms with E-state index in [4.69, 9.17) is 0 Å². The number of aliphatic imine (C=N–C) groups is 1. The number of nitrogens with one attached hydrogen (secondary N) is 2. The average molecular weight is 418 g/mol. The summed E-state index contributed by atoms with van der Waals surface area (Å²) in [6, 6.07) is 5.15. The Morgan fingerprint density at radius 3 is 2.96 bits per heavy atom. The van der Waals surface area contributed by atoms with Crippen LogP contribution in [0.2, 0.25) is 0 Å². The van der Waals surface area contributed by atoms with E-state index in [2.05, 4.69) is 31.6 Å². The van der Waals surface area contributed by atoms with Crippen molar-refractivity contribution >= 4 is 32.7 Å². The number of nitrogens with zero attached hydrogens (tertiary/aromatic N) is 1. The van der Waals surface area contributed by atoms with E-state index >= 15 is 0 Å². The van der Waals surface area contributed by atoms with E-state index in [0.717, 1.165) is 30.2 Å². The van der Waals surface area contributed by atoms with Crippen LogP contribution in [0.4, 0.5) is 4.39 Å². The topological polar surface area (TPSA) is 53.5 Å². The van der Waals surface area contributed by atoms with Crippen LogP contribution < -0.4 is 10.6 Å². The smallest absolute Gasteiger partial charge is 0.191 e. The molecule has 0 amide bonds. The van der Waals surface area contributed by atoms with Crippen LogP contribution in [0, 0.1) is 5.82 Å². The van der Waals surface area contributed by atoms with Crippen molar-refractivity contribution in [2.24, 2.45) is 4.99 Å². The SMILES string of the molecule is CCS(=O)C1CCCC(NC(=NC)NCc2cc(Br)ccc2F)C1. The third kappa shape index (κ3) is 5.55. The molecule has 1 fully saturated rings. The fourth-order valence-corrected chi connectivity index (χ4v) is 4.75. The molecule has 1 aliphatic carbocycles. The lowest BCUT2D eigenvalue weighted by atomic mass is 9.95. The largest absolute Gasteiger partial charge is 0.354 e. The van der Waals surface area contributed by atoms with Crippen molar-refractivity contribution in [1.82, 2.24) is 10.6 Å². The van der Waals surface area contributed by atoms with Crippen LogP contribution >= 0.6 is 15.9 Å². The van der Waals surface area contributed by atoms with Gasteiger partial charge in [0.1, 0.15) is 5.82 Å². The van der Waals surface area contributed by atoms with E-state index in [1.165, 1.54) is 6.07 Å². The van der Waals surface area contributed by atoms with Gasteiger partial charge in [-0.15, -0.1) is 0 Å². The third-order valence-electron chi connectivity index (χ3n) is 4.30. The summed E-state index contributed by atoms with van der Waals surface area (Å²) in [5, 5.41) is 6.82. The standard InChI is InChI=1S/C17H25BrFN3OS/c1-3-24(23)15-6-4-5-14(10-15)22-17(20-2)21-11-12-9-13(18)7-8-16(12)19/h7-9,14-15H,3-6,10-11H2,1-2H3,(H2,20,21,22). The van der Waals surface area contributed by atoms with Crippen molar-refractivity contribution in [3.8, 4) is 0 Å². The highest BCUT2D eigenvalue weighted by Crippen LogP contribution is 2.23. The molecular formula is C17H25BrFN3OS. The first-order valence-corrected chi connectivity index (χ1v) is 10.5. The molecule has 1 aromatic carbocycles. The summed E-state index contributed by atoms with van der Waals surface area (Å²) in [5.74, 6) is 1.13. The van der Waals surface area contributed by atoms with E-state index < -0.39 is 10.8 Å². The Kier molecular flexibility index (Phi) is 7.68. The van der Waals surface area contributed by atoms with Crippen molar-refractivity contribution in [2.75, 3.05) is 12.8 Å². The minimum atomic E-state index is -0.745. The van der Waals surface area contributed by atoms with Crippen molar-refractivity contribution < 1.29 is 8.60 Å². The Morgan fingerprint density at radius 1 is 1.46 bits per heavy atom. The predicted molar refractivity (Wildman–Crippen MR) is 102 cm³/mol. The molecule has 0 saturated heterocycles. The van der Waals surface area contributed by atoms with Gasteiger partial charge in [0.15, 0.2) is 5.96 Å². The second-order valence-electron chi connectivity index (χ2n) is 5.96. The zero-order chi connectivity index (χ0) is 17.5. The summed E-state index contributed by atoms with van der Waals surface area (Å²) in [6.45, 7) is 2.34. The lowest BCUT2D eigenvalue weighted by Crippen LogP contribution is -2.46. The maximum Gasteiger partial charge on any atom is 0.191 e. The summed E-state index contributed by atoms with van der Waals surface area (Å²) in [6.07, 6.45) is 4.05. The first kappa shape index (κ1) is 19.4. The predicted octanol–water partition coefficient (Wildman–Crippen LogP) is 3.33. The van der Waals surface area contributed by atoms with Crippen LogP contribution in [0.5, 0.6) is 0 Å². The summed E-state index contributed by atoms with van der Waals surface area (Å²) in [5.41, 5.74) is 0.584. The highest BCUT2D eigenvalue weighted by Gasteiger charge is 2.26. The first-order chi connectivity index (χ1) is 11.5. The molecule has 0 heterocycles. The van der Waals surface area contributed by atoms with Crippen LogP contribution in [0.3, 0.4) is 0 Å². The third-order valence-corrected chi connectivity index (χ3v) is 6.53. The number of rotatable bonds is 5. The number of hydrogen-bond donors (Lipinski definition) is 2. The molecule has 1 aromatic rings. The fourth-order valence-electron chi connectivity index (χ4n) is 3.00. The molecule has 2 rings (SSSR count). The van der Waals surface area contributed by atoms with Gasteiger partial charge in [-0.05, 0) is 37.5 Å². The average Bonchev–Trinajstić information content (AvgIpc) is 2.60. The lowest BCUT2D eigenvalue weighted by molar-refractivity contribution is 0.413. The van der Waals surface area contributed by atoms with Crippen LogP contribution in [0.1, 0.15) is 38.2 Å². The second-order valence-corrected chi connectivity index (χ2v) is 8.88. The molecule has 4 nitrogen and oxygen atoms in total. The van der Waals surface area contributed by atoms with Crippen LogP contribution in [0.25, 0.3) is 0 Å². The molecular weight excluding hydrogens is 393 g/mol. The molecule has 3 unspecified atom stereocenters. The lowest BCUT2D eigenvalue weighted by Gasteiger charge is -2.30. The van der Waals surface area contributed by atoms with Gasteiger partial charge in [-0.25, -0.2) is 4.39 Å². The van der Waals surface area contributed by atoms with E-state index in [0.29, 0.717) is 23.8 Å². The quantitative estimate of drug-likeness (QED) is 0.570. The van der Waals surface area contributed by atoms with Crippen LogP contribution in [-0.4, -0.2) is 34.3 Å². The molecule has 0 aromatic heterocycles. The van der Waals surface area contributed by atoms with Gasteiger partial charge >= 0.3 is 0 Å². The van der Waals surface area contributed by atoms with E-state index in [1.807, 2.05) is 6.92 Å². The molecule has 7 heteroatoms. The number of guanidine groups is 1. The molecule has 0 radical (unpaired) electrons. The van der Waals surface area contributed by atoms with Gasteiger partial charge in [-0.3, -0.25) is 9.20 Å². The normalized spacial score (nSPS) is 22.9. The minimum Gasteiger partial charge on any atom is -0.354 e. The Bertz CT molecular complexity index is 611. The Balaban J connectivity index is 1.90. The van der Waals surface area contributed by atoms with Gasteiger partial charge in [0.2, 0.25) is 0 Å². The molecule has 24 heavy (non-hydrogen) atoms. The summed E-state index contributed by atoms with van der Waals surface area (Å²) in [4.78, 5) is 4.22. The van der Waals surface area contributed by atoms with Crippen LogP contribution in [-0.2, 0) is 17.3 Å². The fraction of sp³-hybridized carbons (Fsp3) is 0.588. The molecule has 3 atom stereocenters. The van der Waals surface area contributed by atoms with Gasteiger partial charge in [0, 0.05) is 51.5 Å². The van der Waals surface area contributed by atoms with Gasteiger partial charge in [0.25, 0.3) is 0 Å². The van der Waals surface area contributed by atoms with E-state index in [1.54, 1.807) is 19.2 Å². The van der Waals surface area contributed by atoms with Crippen molar-refractivity contribution in [3.63, 3.8) is 0 Å². The molecule has 0 spiro atoms. The molecule has 1 aliphatic rings. The van der Waals surface area contributed by atoms with Gasteiger partial charge in [0.05, 0.1) is 0 Å². The highest BCUT2D eigenvalue weighted by molar-refractivity contribution is 9.10. The highest BCUT2D eigenvalue weighted by atomic mass is 79.9. The Hall–Kier alpha value is -0.950. The van der Waals surface area contributed by atoms with Crippen molar-refractivity contribution in [2.45, 2.75) is 50.4 Å². The summed E-state index contributed by atoms with van der Waals surface area (Å²) >= 11 is 3.36. The zero-order valence-corrected chi connectivity index (χ0v) is 16.6. The monoisotopic (exact) mass is 417 g/mol. The van der Waals surface area contributed by atoms with Gasteiger partial charge in [-0.2, -0.15) is 0 Å². The number of hydrogen-bond acceptors (Lipinski definition) is 2. The Morgan fingerprint density at radius 2 is 2.25 bits per heavy atom. The minimum absolute atomic E-state index is 0.239.